The van der Waals surface area contributed by atoms with E-state index in [2.05, 4.69) is 20.8 Å². The second-order valence-electron chi connectivity index (χ2n) is 5.41. The summed E-state index contributed by atoms with van der Waals surface area (Å²) in [5.41, 5.74) is 1.96. The van der Waals surface area contributed by atoms with Crippen molar-refractivity contribution in [2.75, 3.05) is 18.5 Å². The maximum Gasteiger partial charge on any atom is 0.247 e. The summed E-state index contributed by atoms with van der Waals surface area (Å²) in [7, 11) is 0. The fourth-order valence-corrected chi connectivity index (χ4v) is 2.21. The zero-order valence-electron chi connectivity index (χ0n) is 13.3. The van der Waals surface area contributed by atoms with Crippen molar-refractivity contribution in [1.29, 1.82) is 0 Å². The zero-order chi connectivity index (χ0) is 16.8. The first-order chi connectivity index (χ1) is 11.7. The van der Waals surface area contributed by atoms with Crippen LogP contribution in [0.1, 0.15) is 5.56 Å². The standard InChI is InChI=1S/C17H19N5O2/c1-13-6-5-9-16(10-13)24-12-15(23)11-18-17-19-20-21-22(17)14-7-3-2-4-8-14/h2-10,15,23H,11-12H2,1H3,(H,18,19,21). The fraction of sp³-hybridized carbons (Fsp3) is 0.235. The molecular weight excluding hydrogens is 306 g/mol. The Morgan fingerprint density at radius 1 is 1.17 bits per heavy atom. The molecule has 1 heterocycles. The molecule has 0 radical (unpaired) electrons. The van der Waals surface area contributed by atoms with Gasteiger partial charge in [-0.25, -0.2) is 0 Å². The molecule has 7 nitrogen and oxygen atoms in total. The quantitative estimate of drug-likeness (QED) is 0.689. The van der Waals surface area contributed by atoms with E-state index in [1.165, 1.54) is 0 Å². The lowest BCUT2D eigenvalue weighted by Gasteiger charge is -2.14. The van der Waals surface area contributed by atoms with Crippen molar-refractivity contribution in [2.24, 2.45) is 0 Å². The summed E-state index contributed by atoms with van der Waals surface area (Å²) in [4.78, 5) is 0. The number of para-hydroxylation sites is 1. The lowest BCUT2D eigenvalue weighted by atomic mass is 10.2. The summed E-state index contributed by atoms with van der Waals surface area (Å²) in [6.45, 7) is 2.45. The second-order valence-corrected chi connectivity index (χ2v) is 5.41. The Kier molecular flexibility index (Phi) is 5.02. The van der Waals surface area contributed by atoms with Gasteiger partial charge in [-0.2, -0.15) is 4.68 Å². The molecule has 24 heavy (non-hydrogen) atoms. The molecule has 0 aliphatic heterocycles. The topological polar surface area (TPSA) is 85.1 Å². The van der Waals surface area contributed by atoms with Crippen LogP contribution in [-0.4, -0.2) is 44.6 Å². The first-order valence-electron chi connectivity index (χ1n) is 7.67. The van der Waals surface area contributed by atoms with Crippen molar-refractivity contribution in [3.63, 3.8) is 0 Å². The van der Waals surface area contributed by atoms with Gasteiger partial charge in [0.2, 0.25) is 5.95 Å². The monoisotopic (exact) mass is 325 g/mol. The SMILES string of the molecule is Cc1cccc(OCC(O)CNc2nnnn2-c2ccccc2)c1. The summed E-state index contributed by atoms with van der Waals surface area (Å²) < 4.78 is 7.16. The normalized spacial score (nSPS) is 11.9. The first kappa shape index (κ1) is 15.9. The molecule has 124 valence electrons. The molecule has 0 amide bonds. The van der Waals surface area contributed by atoms with Gasteiger partial charge in [-0.05, 0) is 47.2 Å². The van der Waals surface area contributed by atoms with Crippen LogP contribution in [0.3, 0.4) is 0 Å². The minimum atomic E-state index is -0.688. The third-order valence-corrected chi connectivity index (χ3v) is 3.40. The molecule has 0 fully saturated rings. The van der Waals surface area contributed by atoms with E-state index in [1.54, 1.807) is 4.68 Å². The third-order valence-electron chi connectivity index (χ3n) is 3.40. The van der Waals surface area contributed by atoms with Crippen molar-refractivity contribution in [3.8, 4) is 11.4 Å². The van der Waals surface area contributed by atoms with Crippen LogP contribution >= 0.6 is 0 Å². The van der Waals surface area contributed by atoms with Gasteiger partial charge in [0.1, 0.15) is 18.5 Å². The van der Waals surface area contributed by atoms with Gasteiger partial charge in [0.05, 0.1) is 5.69 Å². The summed E-state index contributed by atoms with van der Waals surface area (Å²) >= 11 is 0. The van der Waals surface area contributed by atoms with Crippen LogP contribution in [0.2, 0.25) is 0 Å². The molecule has 0 spiro atoms. The molecule has 1 aromatic heterocycles. The largest absolute Gasteiger partial charge is 0.491 e. The highest BCUT2D eigenvalue weighted by atomic mass is 16.5. The summed E-state index contributed by atoms with van der Waals surface area (Å²) in [6.07, 6.45) is -0.688. The van der Waals surface area contributed by atoms with Crippen LogP contribution in [0.4, 0.5) is 5.95 Å². The number of nitrogens with zero attached hydrogens (tertiary/aromatic N) is 4. The average molecular weight is 325 g/mol. The van der Waals surface area contributed by atoms with Crippen LogP contribution in [0.15, 0.2) is 54.6 Å². The number of nitrogens with one attached hydrogen (secondary N) is 1. The molecule has 1 atom stereocenters. The summed E-state index contributed by atoms with van der Waals surface area (Å²) in [6, 6.07) is 17.2. The number of ether oxygens (including phenoxy) is 1. The minimum Gasteiger partial charge on any atom is -0.491 e. The molecule has 3 aromatic rings. The third kappa shape index (κ3) is 4.08. The van der Waals surface area contributed by atoms with Gasteiger partial charge in [-0.15, -0.1) is 0 Å². The van der Waals surface area contributed by atoms with E-state index >= 15 is 0 Å². The Morgan fingerprint density at radius 3 is 2.79 bits per heavy atom. The van der Waals surface area contributed by atoms with Gasteiger partial charge >= 0.3 is 0 Å². The van der Waals surface area contributed by atoms with E-state index in [-0.39, 0.29) is 13.2 Å². The molecule has 2 N–H and O–H groups in total. The van der Waals surface area contributed by atoms with Gasteiger partial charge in [-0.3, -0.25) is 0 Å². The fourth-order valence-electron chi connectivity index (χ4n) is 2.21. The molecule has 0 saturated heterocycles. The molecule has 0 bridgehead atoms. The molecule has 3 rings (SSSR count). The van der Waals surface area contributed by atoms with Gasteiger partial charge in [0, 0.05) is 6.54 Å². The van der Waals surface area contributed by atoms with Crippen molar-refractivity contribution >= 4 is 5.95 Å². The van der Waals surface area contributed by atoms with Gasteiger partial charge in [0.25, 0.3) is 0 Å². The number of tetrazole rings is 1. The highest BCUT2D eigenvalue weighted by Crippen LogP contribution is 2.13. The number of aliphatic hydroxyl groups is 1. The Morgan fingerprint density at radius 2 is 2.00 bits per heavy atom. The van der Waals surface area contributed by atoms with E-state index in [9.17, 15) is 5.11 Å². The van der Waals surface area contributed by atoms with Crippen LogP contribution in [-0.2, 0) is 0 Å². The van der Waals surface area contributed by atoms with E-state index in [0.29, 0.717) is 5.95 Å². The molecule has 1 unspecified atom stereocenters. The lowest BCUT2D eigenvalue weighted by molar-refractivity contribution is 0.117. The molecule has 2 aromatic carbocycles. The average Bonchev–Trinajstić information content (AvgIpc) is 3.07. The number of benzene rings is 2. The molecule has 0 saturated carbocycles. The van der Waals surface area contributed by atoms with E-state index in [4.69, 9.17) is 4.74 Å². The van der Waals surface area contributed by atoms with Crippen molar-refractivity contribution in [1.82, 2.24) is 20.2 Å². The van der Waals surface area contributed by atoms with Crippen molar-refractivity contribution in [3.05, 3.63) is 60.2 Å². The predicted octanol–water partition coefficient (Wildman–Crippen LogP) is 1.82. The van der Waals surface area contributed by atoms with Crippen LogP contribution in [0, 0.1) is 6.92 Å². The Bertz CT molecular complexity index is 775. The van der Waals surface area contributed by atoms with Gasteiger partial charge < -0.3 is 15.2 Å². The number of aryl methyl sites for hydroxylation is 1. The Balaban J connectivity index is 1.54. The van der Waals surface area contributed by atoms with E-state index in [1.807, 2.05) is 61.5 Å². The van der Waals surface area contributed by atoms with Gasteiger partial charge in [0.15, 0.2) is 0 Å². The maximum atomic E-state index is 10.1. The summed E-state index contributed by atoms with van der Waals surface area (Å²) in [5.74, 6) is 1.21. The van der Waals surface area contributed by atoms with Crippen LogP contribution in [0.25, 0.3) is 5.69 Å². The van der Waals surface area contributed by atoms with Crippen molar-refractivity contribution < 1.29 is 9.84 Å². The molecule has 0 aliphatic carbocycles. The van der Waals surface area contributed by atoms with E-state index in [0.717, 1.165) is 17.0 Å². The highest BCUT2D eigenvalue weighted by molar-refractivity contribution is 5.38. The predicted molar refractivity (Wildman–Crippen MR) is 90.3 cm³/mol. The number of anilines is 1. The molecule has 0 aliphatic rings. The number of aliphatic hydroxyl groups excluding tert-OH is 1. The molecule has 7 heteroatoms. The number of rotatable bonds is 7. The smallest absolute Gasteiger partial charge is 0.247 e. The van der Waals surface area contributed by atoms with Gasteiger partial charge in [-0.1, -0.05) is 35.4 Å². The lowest BCUT2D eigenvalue weighted by Crippen LogP contribution is -2.27. The van der Waals surface area contributed by atoms with E-state index < -0.39 is 6.10 Å². The number of aromatic nitrogens is 4. The Labute approximate surface area is 139 Å². The molecular formula is C17H19N5O2. The summed E-state index contributed by atoms with van der Waals surface area (Å²) in [5, 5.41) is 24.7. The Hall–Kier alpha value is -2.93. The van der Waals surface area contributed by atoms with Crippen LogP contribution < -0.4 is 10.1 Å². The minimum absolute atomic E-state index is 0.184. The van der Waals surface area contributed by atoms with Crippen LogP contribution in [0.5, 0.6) is 5.75 Å². The maximum absolute atomic E-state index is 10.1. The zero-order valence-corrected chi connectivity index (χ0v) is 13.3. The van der Waals surface area contributed by atoms with Crippen molar-refractivity contribution in [2.45, 2.75) is 13.0 Å². The first-order valence-corrected chi connectivity index (χ1v) is 7.67. The number of hydrogen-bond donors (Lipinski definition) is 2. The second kappa shape index (κ2) is 7.56. The number of hydrogen-bond acceptors (Lipinski definition) is 6. The highest BCUT2D eigenvalue weighted by Gasteiger charge is 2.11.